The van der Waals surface area contributed by atoms with Crippen molar-refractivity contribution < 1.29 is 22.3 Å². The highest BCUT2D eigenvalue weighted by atomic mass is 35.5. The highest BCUT2D eigenvalue weighted by Crippen LogP contribution is 2.44. The monoisotopic (exact) mass is 539 g/mol. The summed E-state index contributed by atoms with van der Waals surface area (Å²) in [5.41, 5.74) is 3.35. The lowest BCUT2D eigenvalue weighted by Crippen LogP contribution is -2.13. The third kappa shape index (κ3) is 6.79. The molecule has 0 atom stereocenters. The summed E-state index contributed by atoms with van der Waals surface area (Å²) in [4.78, 5) is 14.3. The van der Waals surface area contributed by atoms with Crippen LogP contribution in [0, 0.1) is 25.6 Å². The maximum Gasteiger partial charge on any atom is 0.418 e. The van der Waals surface area contributed by atoms with Crippen molar-refractivity contribution in [3.8, 4) is 30.1 Å². The summed E-state index contributed by atoms with van der Waals surface area (Å²) in [7, 11) is 3.48. The number of aromatic nitrogens is 3. The first-order chi connectivity index (χ1) is 17.3. The Morgan fingerprint density at radius 1 is 1.11 bits per heavy atom. The fourth-order valence-electron chi connectivity index (χ4n) is 4.06. The van der Waals surface area contributed by atoms with Crippen LogP contribution < -0.4 is 10.5 Å². The van der Waals surface area contributed by atoms with Gasteiger partial charge in [-0.2, -0.15) is 23.1 Å². The van der Waals surface area contributed by atoms with Gasteiger partial charge < -0.3 is 15.4 Å². The topological polar surface area (TPSA) is 77.2 Å². The van der Waals surface area contributed by atoms with Gasteiger partial charge in [0.1, 0.15) is 11.3 Å². The molecule has 0 unspecified atom stereocenters. The number of nitrogens with zero attached hydrogens (tertiary/aromatic N) is 4. The molecule has 1 saturated heterocycles. The predicted molar refractivity (Wildman–Crippen MR) is 139 cm³/mol. The Kier molecular flexibility index (Phi) is 10.1. The van der Waals surface area contributed by atoms with Gasteiger partial charge in [-0.1, -0.05) is 25.4 Å². The van der Waals surface area contributed by atoms with E-state index >= 15 is 4.39 Å². The highest BCUT2D eigenvalue weighted by molar-refractivity contribution is 6.34. The van der Waals surface area contributed by atoms with E-state index in [-0.39, 0.29) is 39.2 Å². The second kappa shape index (κ2) is 12.4. The summed E-state index contributed by atoms with van der Waals surface area (Å²) >= 11 is 6.25. The molecule has 37 heavy (non-hydrogen) atoms. The Hall–Kier alpha value is -3.16. The fraction of sp³-hybridized carbons (Fsp3) is 0.423. The Bertz CT molecular complexity index is 1270. The Balaban J connectivity index is 0.000000519. The van der Waals surface area contributed by atoms with Crippen molar-refractivity contribution in [2.24, 2.45) is 0 Å². The van der Waals surface area contributed by atoms with Gasteiger partial charge in [-0.15, -0.1) is 12.8 Å². The molecular weight excluding hydrogens is 510 g/mol. The lowest BCUT2D eigenvalue weighted by atomic mass is 9.97. The van der Waals surface area contributed by atoms with Gasteiger partial charge in [0.05, 0.1) is 34.6 Å². The molecule has 200 valence electrons. The average Bonchev–Trinajstić information content (AvgIpc) is 3.29. The van der Waals surface area contributed by atoms with E-state index in [1.807, 2.05) is 13.8 Å². The fourth-order valence-corrected chi connectivity index (χ4v) is 4.34. The molecule has 0 radical (unpaired) electrons. The minimum absolute atomic E-state index is 0.110. The third-order valence-electron chi connectivity index (χ3n) is 5.71. The number of alkyl halides is 3. The molecule has 4 rings (SSSR count). The maximum atomic E-state index is 15.5. The number of likely N-dealkylation sites (tertiary alicyclic amines) is 1. The Labute approximate surface area is 219 Å². The number of methoxy groups -OCH3 is 1. The molecular formula is C26H30ClF4N5O. The molecule has 6 nitrogen and oxygen atoms in total. The second-order valence-electron chi connectivity index (χ2n) is 8.79. The summed E-state index contributed by atoms with van der Waals surface area (Å²) < 4.78 is 61.7. The van der Waals surface area contributed by atoms with Crippen LogP contribution in [-0.2, 0) is 6.18 Å². The molecule has 0 saturated carbocycles. The van der Waals surface area contributed by atoms with Gasteiger partial charge in [-0.25, -0.2) is 9.37 Å². The zero-order chi connectivity index (χ0) is 28.1. The quantitative estimate of drug-likeness (QED) is 0.303. The number of hydrogen-bond donors (Lipinski definition) is 1. The number of fused-ring (bicyclic) bond motifs is 1. The summed E-state index contributed by atoms with van der Waals surface area (Å²) in [5, 5.41) is 0.0231. The average molecular weight is 540 g/mol. The number of rotatable bonds is 3. The Morgan fingerprint density at radius 2 is 1.70 bits per heavy atom. The van der Waals surface area contributed by atoms with Crippen LogP contribution in [0.2, 0.25) is 5.02 Å². The van der Waals surface area contributed by atoms with Crippen molar-refractivity contribution >= 4 is 28.3 Å². The zero-order valence-corrected chi connectivity index (χ0v) is 22.1. The lowest BCUT2D eigenvalue weighted by molar-refractivity contribution is -0.137. The maximum absolute atomic E-state index is 15.5. The van der Waals surface area contributed by atoms with Gasteiger partial charge in [0, 0.05) is 5.39 Å². The number of terminal acetylenes is 1. The van der Waals surface area contributed by atoms with E-state index in [9.17, 15) is 13.2 Å². The van der Waals surface area contributed by atoms with E-state index in [2.05, 4.69) is 39.7 Å². The molecule has 3 aromatic rings. The normalized spacial score (nSPS) is 13.6. The van der Waals surface area contributed by atoms with Crippen molar-refractivity contribution in [1.82, 2.24) is 19.9 Å². The van der Waals surface area contributed by atoms with Crippen molar-refractivity contribution in [3.05, 3.63) is 39.8 Å². The van der Waals surface area contributed by atoms with Crippen LogP contribution in [0.3, 0.4) is 0 Å². The number of aryl methyl sites for hydroxylation is 1. The zero-order valence-electron chi connectivity index (χ0n) is 21.4. The molecule has 2 aromatic heterocycles. The van der Waals surface area contributed by atoms with Gasteiger partial charge >= 0.3 is 12.2 Å². The van der Waals surface area contributed by atoms with Crippen LogP contribution in [0.5, 0.6) is 6.01 Å². The molecule has 0 bridgehead atoms. The van der Waals surface area contributed by atoms with Gasteiger partial charge in [-0.05, 0) is 63.5 Å². The first kappa shape index (κ1) is 30.1. The summed E-state index contributed by atoms with van der Waals surface area (Å²) in [5.74, 6) is -1.39. The number of halogens is 5. The van der Waals surface area contributed by atoms with Gasteiger partial charge in [-0.3, -0.25) is 0 Å². The van der Waals surface area contributed by atoms with Crippen molar-refractivity contribution in [1.29, 1.82) is 0 Å². The van der Waals surface area contributed by atoms with Crippen LogP contribution >= 0.6 is 11.6 Å². The molecule has 0 spiro atoms. The number of anilines is 1. The number of ether oxygens (including phenoxy) is 1. The van der Waals surface area contributed by atoms with Crippen LogP contribution in [0.25, 0.3) is 22.2 Å². The first-order valence-corrected chi connectivity index (χ1v) is 11.8. The predicted octanol–water partition coefficient (Wildman–Crippen LogP) is 6.49. The van der Waals surface area contributed by atoms with E-state index in [4.69, 9.17) is 22.1 Å². The standard InChI is InChI=1S/C19H17ClF4N4O.C5H11N.C2H2/c1-7(2)15-9-6-10(20)12(14(21)16(9)28-18(27-15)29-4)17-13(19(22,23)24)8(3)5-11(25)26-17;1-6-4-2-3-5-6;1-2/h5-7H,1-4H3,(H2,25,26);2-5H2,1H3;1-2H. The number of pyridine rings is 1. The molecule has 1 fully saturated rings. The minimum atomic E-state index is -4.79. The van der Waals surface area contributed by atoms with Crippen molar-refractivity contribution in [2.75, 3.05) is 33.0 Å². The molecule has 0 aliphatic carbocycles. The summed E-state index contributed by atoms with van der Waals surface area (Å²) in [6, 6.07) is 2.30. The molecule has 11 heteroatoms. The van der Waals surface area contributed by atoms with Crippen LogP contribution in [0.4, 0.5) is 23.4 Å². The van der Waals surface area contributed by atoms with Crippen molar-refractivity contribution in [3.63, 3.8) is 0 Å². The second-order valence-corrected chi connectivity index (χ2v) is 9.20. The number of nitrogen functional groups attached to an aromatic ring is 1. The molecule has 2 N–H and O–H groups in total. The van der Waals surface area contributed by atoms with Crippen LogP contribution in [0.15, 0.2) is 12.1 Å². The Morgan fingerprint density at radius 3 is 2.16 bits per heavy atom. The SMILES string of the molecule is C#C.CN1CCCC1.COc1nc(C(C)C)c2cc(Cl)c(-c3nc(N)cc(C)c3C(F)(F)F)c(F)c2n1. The number of benzene rings is 1. The molecule has 1 aliphatic heterocycles. The third-order valence-corrected chi connectivity index (χ3v) is 6.01. The molecule has 1 aromatic carbocycles. The largest absolute Gasteiger partial charge is 0.467 e. The number of hydrogen-bond acceptors (Lipinski definition) is 6. The minimum Gasteiger partial charge on any atom is -0.467 e. The van der Waals surface area contributed by atoms with Crippen LogP contribution in [0.1, 0.15) is 49.4 Å². The summed E-state index contributed by atoms with van der Waals surface area (Å²) in [6.45, 7) is 7.51. The molecule has 0 amide bonds. The van der Waals surface area contributed by atoms with Gasteiger partial charge in [0.25, 0.3) is 0 Å². The van der Waals surface area contributed by atoms with Gasteiger partial charge in [0.2, 0.25) is 0 Å². The molecule has 1 aliphatic rings. The first-order valence-electron chi connectivity index (χ1n) is 11.4. The molecule has 3 heterocycles. The van der Waals surface area contributed by atoms with E-state index in [1.165, 1.54) is 46.0 Å². The van der Waals surface area contributed by atoms with E-state index in [0.29, 0.717) is 5.69 Å². The summed E-state index contributed by atoms with van der Waals surface area (Å²) in [6.07, 6.45) is 6.03. The lowest BCUT2D eigenvalue weighted by Gasteiger charge is -2.18. The van der Waals surface area contributed by atoms with Crippen molar-refractivity contribution in [2.45, 2.75) is 45.7 Å². The van der Waals surface area contributed by atoms with E-state index in [1.54, 1.807) is 0 Å². The van der Waals surface area contributed by atoms with Crippen LogP contribution in [-0.4, -0.2) is 47.1 Å². The smallest absolute Gasteiger partial charge is 0.418 e. The van der Waals surface area contributed by atoms with Gasteiger partial charge in [0.15, 0.2) is 5.82 Å². The van der Waals surface area contributed by atoms with E-state index in [0.717, 1.165) is 6.07 Å². The van der Waals surface area contributed by atoms with E-state index < -0.39 is 28.8 Å². The highest BCUT2D eigenvalue weighted by Gasteiger charge is 2.38. The number of nitrogens with two attached hydrogens (primary N) is 1.